The van der Waals surface area contributed by atoms with Crippen LogP contribution in [0.2, 0.25) is 0 Å². The van der Waals surface area contributed by atoms with Crippen molar-refractivity contribution in [2.45, 2.75) is 19.1 Å². The Balaban J connectivity index is 1.80. The number of hydrogen-bond acceptors (Lipinski definition) is 3. The first-order valence-corrected chi connectivity index (χ1v) is 8.03. The molecule has 0 saturated carbocycles. The van der Waals surface area contributed by atoms with E-state index in [-0.39, 0.29) is 24.4 Å². The zero-order valence-electron chi connectivity index (χ0n) is 13.5. The third-order valence-electron chi connectivity index (χ3n) is 4.17. The van der Waals surface area contributed by atoms with Gasteiger partial charge in [0.15, 0.2) is 0 Å². The van der Waals surface area contributed by atoms with Crippen molar-refractivity contribution in [2.75, 3.05) is 19.7 Å². The molecule has 4 nitrogen and oxygen atoms in total. The van der Waals surface area contributed by atoms with Crippen molar-refractivity contribution in [3.8, 4) is 11.1 Å². The summed E-state index contributed by atoms with van der Waals surface area (Å²) in [6, 6.07) is 13.4. The van der Waals surface area contributed by atoms with Crippen molar-refractivity contribution in [3.63, 3.8) is 0 Å². The van der Waals surface area contributed by atoms with Crippen molar-refractivity contribution in [3.05, 3.63) is 59.9 Å². The molecule has 2 aromatic rings. The zero-order chi connectivity index (χ0) is 17.1. The molecule has 1 N–H and O–H groups in total. The molecule has 1 fully saturated rings. The second-order valence-corrected chi connectivity index (χ2v) is 5.86. The van der Waals surface area contributed by atoms with Crippen molar-refractivity contribution >= 4 is 5.91 Å². The van der Waals surface area contributed by atoms with Crippen LogP contribution in [0, 0.1) is 5.82 Å². The number of carbonyl (C=O) groups excluding carboxylic acids is 1. The molecule has 0 radical (unpaired) electrons. The largest absolute Gasteiger partial charge is 0.388 e. The molecular formula is C19H20FNO3. The maximum Gasteiger partial charge on any atom is 0.254 e. The van der Waals surface area contributed by atoms with Crippen LogP contribution < -0.4 is 0 Å². The van der Waals surface area contributed by atoms with Gasteiger partial charge in [0.25, 0.3) is 5.91 Å². The Kier molecular flexibility index (Phi) is 4.92. The molecule has 2 atom stereocenters. The molecule has 1 amide bonds. The van der Waals surface area contributed by atoms with E-state index >= 15 is 0 Å². The topological polar surface area (TPSA) is 49.8 Å². The normalized spacial score (nSPS) is 20.4. The summed E-state index contributed by atoms with van der Waals surface area (Å²) in [7, 11) is 0. The number of likely N-dealkylation sites (tertiary alicyclic amines) is 1. The van der Waals surface area contributed by atoms with Gasteiger partial charge in [-0.05, 0) is 42.3 Å². The SMILES string of the molecule is CCOC1CN(C(=O)c2cccc(-c3cccc(F)c3)c2)CC1O. The van der Waals surface area contributed by atoms with Gasteiger partial charge in [-0.15, -0.1) is 0 Å². The molecule has 1 aliphatic rings. The molecular weight excluding hydrogens is 309 g/mol. The van der Waals surface area contributed by atoms with Gasteiger partial charge in [0.2, 0.25) is 0 Å². The molecule has 2 unspecified atom stereocenters. The molecule has 0 aromatic heterocycles. The van der Waals surface area contributed by atoms with Crippen LogP contribution >= 0.6 is 0 Å². The lowest BCUT2D eigenvalue weighted by molar-refractivity contribution is -0.00237. The smallest absolute Gasteiger partial charge is 0.254 e. The highest BCUT2D eigenvalue weighted by molar-refractivity contribution is 5.95. The number of amides is 1. The predicted octanol–water partition coefficient (Wildman–Crippen LogP) is 2.71. The standard InChI is InChI=1S/C19H20FNO3/c1-2-24-18-12-21(11-17(18)22)19(23)15-7-3-5-13(9-15)14-6-4-8-16(20)10-14/h3-10,17-18,22H,2,11-12H2,1H3. The van der Waals surface area contributed by atoms with Crippen LogP contribution in [0.15, 0.2) is 48.5 Å². The first-order valence-electron chi connectivity index (χ1n) is 8.03. The molecule has 2 aromatic carbocycles. The van der Waals surface area contributed by atoms with Crippen LogP contribution in [-0.2, 0) is 4.74 Å². The van der Waals surface area contributed by atoms with Crippen molar-refractivity contribution in [1.82, 2.24) is 4.90 Å². The fourth-order valence-corrected chi connectivity index (χ4v) is 2.98. The van der Waals surface area contributed by atoms with Crippen LogP contribution in [0.5, 0.6) is 0 Å². The molecule has 126 valence electrons. The maximum atomic E-state index is 13.4. The zero-order valence-corrected chi connectivity index (χ0v) is 13.5. The van der Waals surface area contributed by atoms with Gasteiger partial charge < -0.3 is 14.7 Å². The molecule has 5 heteroatoms. The minimum Gasteiger partial charge on any atom is -0.388 e. The molecule has 0 aliphatic carbocycles. The van der Waals surface area contributed by atoms with Crippen LogP contribution in [0.25, 0.3) is 11.1 Å². The average Bonchev–Trinajstić information content (AvgIpc) is 2.95. The Morgan fingerprint density at radius 2 is 1.92 bits per heavy atom. The summed E-state index contributed by atoms with van der Waals surface area (Å²) in [5, 5.41) is 9.99. The third-order valence-corrected chi connectivity index (χ3v) is 4.17. The predicted molar refractivity (Wildman–Crippen MR) is 89.2 cm³/mol. The Morgan fingerprint density at radius 1 is 1.21 bits per heavy atom. The minimum absolute atomic E-state index is 0.158. The van der Waals surface area contributed by atoms with E-state index in [4.69, 9.17) is 4.74 Å². The summed E-state index contributed by atoms with van der Waals surface area (Å²) in [6.07, 6.45) is -1.01. The van der Waals surface area contributed by atoms with E-state index in [1.807, 2.05) is 13.0 Å². The third kappa shape index (κ3) is 3.47. The molecule has 3 rings (SSSR count). The summed E-state index contributed by atoms with van der Waals surface area (Å²) in [6.45, 7) is 2.99. The lowest BCUT2D eigenvalue weighted by Crippen LogP contribution is -2.30. The number of hydrogen-bond donors (Lipinski definition) is 1. The van der Waals surface area contributed by atoms with Crippen molar-refractivity contribution in [2.24, 2.45) is 0 Å². The second-order valence-electron chi connectivity index (χ2n) is 5.86. The van der Waals surface area contributed by atoms with Gasteiger partial charge >= 0.3 is 0 Å². The molecule has 0 spiro atoms. The number of rotatable bonds is 4. The van der Waals surface area contributed by atoms with Crippen LogP contribution in [0.3, 0.4) is 0 Å². The number of aliphatic hydroxyl groups is 1. The van der Waals surface area contributed by atoms with Crippen LogP contribution in [0.1, 0.15) is 17.3 Å². The average molecular weight is 329 g/mol. The summed E-state index contributed by atoms with van der Waals surface area (Å²) in [5.74, 6) is -0.471. The number of carbonyl (C=O) groups is 1. The fourth-order valence-electron chi connectivity index (χ4n) is 2.98. The molecule has 1 heterocycles. The molecule has 1 saturated heterocycles. The number of aliphatic hydroxyl groups excluding tert-OH is 1. The van der Waals surface area contributed by atoms with Crippen LogP contribution in [-0.4, -0.2) is 47.8 Å². The summed E-state index contributed by atoms with van der Waals surface area (Å²) < 4.78 is 18.9. The maximum absolute atomic E-state index is 13.4. The van der Waals surface area contributed by atoms with Gasteiger partial charge in [-0.2, -0.15) is 0 Å². The molecule has 24 heavy (non-hydrogen) atoms. The van der Waals surface area contributed by atoms with Gasteiger partial charge in [-0.1, -0.05) is 24.3 Å². The van der Waals surface area contributed by atoms with Gasteiger partial charge in [0, 0.05) is 25.3 Å². The lowest BCUT2D eigenvalue weighted by Gasteiger charge is -2.16. The van der Waals surface area contributed by atoms with E-state index in [0.29, 0.717) is 18.7 Å². The fraction of sp³-hybridized carbons (Fsp3) is 0.316. The Morgan fingerprint density at radius 3 is 2.62 bits per heavy atom. The highest BCUT2D eigenvalue weighted by Gasteiger charge is 2.34. The first-order chi connectivity index (χ1) is 11.6. The van der Waals surface area contributed by atoms with E-state index in [1.54, 1.807) is 35.2 Å². The number of benzene rings is 2. The number of β-amino-alcohol motifs (C(OH)–C–C–N with tert-alkyl or cyclic N) is 1. The second kappa shape index (κ2) is 7.11. The van der Waals surface area contributed by atoms with Gasteiger partial charge in [0.05, 0.1) is 6.10 Å². The minimum atomic E-state index is -0.666. The number of nitrogens with zero attached hydrogens (tertiary/aromatic N) is 1. The Hall–Kier alpha value is -2.24. The van der Waals surface area contributed by atoms with E-state index in [2.05, 4.69) is 0 Å². The van der Waals surface area contributed by atoms with Gasteiger partial charge in [-0.25, -0.2) is 4.39 Å². The summed E-state index contributed by atoms with van der Waals surface area (Å²) in [4.78, 5) is 14.3. The quantitative estimate of drug-likeness (QED) is 0.938. The van der Waals surface area contributed by atoms with E-state index in [0.717, 1.165) is 11.1 Å². The van der Waals surface area contributed by atoms with Crippen LogP contribution in [0.4, 0.5) is 4.39 Å². The Labute approximate surface area is 140 Å². The lowest BCUT2D eigenvalue weighted by atomic mass is 10.0. The highest BCUT2D eigenvalue weighted by Crippen LogP contribution is 2.23. The van der Waals surface area contributed by atoms with Gasteiger partial charge in [0.1, 0.15) is 11.9 Å². The van der Waals surface area contributed by atoms with Crippen molar-refractivity contribution in [1.29, 1.82) is 0 Å². The molecule has 0 bridgehead atoms. The van der Waals surface area contributed by atoms with Gasteiger partial charge in [-0.3, -0.25) is 4.79 Å². The highest BCUT2D eigenvalue weighted by atomic mass is 19.1. The first kappa shape index (κ1) is 16.6. The van der Waals surface area contributed by atoms with E-state index in [9.17, 15) is 14.3 Å². The Bertz CT molecular complexity index is 734. The molecule has 1 aliphatic heterocycles. The summed E-state index contributed by atoms with van der Waals surface area (Å²) >= 11 is 0. The number of halogens is 1. The van der Waals surface area contributed by atoms with E-state index in [1.165, 1.54) is 12.1 Å². The van der Waals surface area contributed by atoms with E-state index < -0.39 is 6.10 Å². The van der Waals surface area contributed by atoms with Crippen molar-refractivity contribution < 1.29 is 19.0 Å². The summed E-state index contributed by atoms with van der Waals surface area (Å²) in [5.41, 5.74) is 2.01. The number of ether oxygens (including phenoxy) is 1. The monoisotopic (exact) mass is 329 g/mol.